The summed E-state index contributed by atoms with van der Waals surface area (Å²) in [6.07, 6.45) is 1.88. The Kier molecular flexibility index (Phi) is 7.91. The monoisotopic (exact) mass is 564 g/mol. The van der Waals surface area contributed by atoms with Gasteiger partial charge in [0.15, 0.2) is 28.2 Å². The van der Waals surface area contributed by atoms with Crippen LogP contribution in [0.3, 0.4) is 0 Å². The molecule has 1 amide bonds. The Morgan fingerprint density at radius 1 is 0.854 bits per heavy atom. The third-order valence-corrected chi connectivity index (χ3v) is 7.46. The first-order valence-corrected chi connectivity index (χ1v) is 14.1. The fraction of sp³-hybridized carbons (Fsp3) is 0.152. The number of fused-ring (bicyclic) bond motifs is 1. The second-order valence-corrected chi connectivity index (χ2v) is 10.3. The number of ether oxygens (including phenoxy) is 4. The summed E-state index contributed by atoms with van der Waals surface area (Å²) in [5.41, 5.74) is 3.62. The molecule has 0 saturated carbocycles. The van der Waals surface area contributed by atoms with Crippen LogP contribution in [0.15, 0.2) is 107 Å². The molecule has 0 N–H and O–H groups in total. The number of hydrogen-bond donors (Lipinski definition) is 0. The van der Waals surface area contributed by atoms with Crippen LogP contribution in [-0.4, -0.2) is 29.4 Å². The molecule has 2 aliphatic rings. The van der Waals surface area contributed by atoms with Crippen molar-refractivity contribution in [1.82, 2.24) is 4.90 Å². The van der Waals surface area contributed by atoms with Crippen molar-refractivity contribution in [2.45, 2.75) is 20.1 Å². The molecular formula is C33H28N2O5S. The first-order chi connectivity index (χ1) is 20.2. The van der Waals surface area contributed by atoms with Gasteiger partial charge in [0.25, 0.3) is 5.91 Å². The number of carbonyl (C=O) groups is 1. The topological polar surface area (TPSA) is 69.6 Å². The largest absolute Gasteiger partial charge is 0.490 e. The number of carbonyl (C=O) groups excluding carboxylic acids is 1. The second-order valence-electron chi connectivity index (χ2n) is 9.33. The van der Waals surface area contributed by atoms with Crippen LogP contribution in [0.25, 0.3) is 6.08 Å². The molecule has 4 aromatic carbocycles. The fourth-order valence-corrected chi connectivity index (χ4v) is 5.45. The number of amidine groups is 1. The Morgan fingerprint density at radius 3 is 2.44 bits per heavy atom. The molecule has 7 nitrogen and oxygen atoms in total. The van der Waals surface area contributed by atoms with Gasteiger partial charge in [-0.25, -0.2) is 4.99 Å². The van der Waals surface area contributed by atoms with E-state index in [9.17, 15) is 4.79 Å². The van der Waals surface area contributed by atoms with E-state index in [0.29, 0.717) is 47.1 Å². The minimum Gasteiger partial charge on any atom is -0.490 e. The Morgan fingerprint density at radius 2 is 1.63 bits per heavy atom. The highest BCUT2D eigenvalue weighted by Crippen LogP contribution is 2.37. The van der Waals surface area contributed by atoms with Gasteiger partial charge in [-0.2, -0.15) is 0 Å². The van der Waals surface area contributed by atoms with Crippen LogP contribution in [0.2, 0.25) is 0 Å². The third-order valence-electron chi connectivity index (χ3n) is 6.45. The van der Waals surface area contributed by atoms with E-state index >= 15 is 0 Å². The average molecular weight is 565 g/mol. The summed E-state index contributed by atoms with van der Waals surface area (Å²) in [4.78, 5) is 20.7. The minimum absolute atomic E-state index is 0.0883. The highest BCUT2D eigenvalue weighted by Gasteiger charge is 2.33. The summed E-state index contributed by atoms with van der Waals surface area (Å²) in [5, 5.41) is 0.644. The molecule has 1 saturated heterocycles. The van der Waals surface area contributed by atoms with Gasteiger partial charge in [0.1, 0.15) is 6.61 Å². The van der Waals surface area contributed by atoms with Crippen LogP contribution < -0.4 is 18.9 Å². The smallest absolute Gasteiger partial charge is 0.267 e. The van der Waals surface area contributed by atoms with Crippen molar-refractivity contribution in [1.29, 1.82) is 0 Å². The summed E-state index contributed by atoms with van der Waals surface area (Å²) < 4.78 is 22.9. The number of rotatable bonds is 9. The van der Waals surface area contributed by atoms with Crippen LogP contribution in [-0.2, 0) is 17.9 Å². The Labute approximate surface area is 243 Å². The predicted molar refractivity (Wildman–Crippen MR) is 161 cm³/mol. The van der Waals surface area contributed by atoms with E-state index in [1.54, 1.807) is 4.90 Å². The van der Waals surface area contributed by atoms with E-state index in [1.807, 2.05) is 110 Å². The zero-order chi connectivity index (χ0) is 28.0. The normalized spacial score (nSPS) is 16.0. The van der Waals surface area contributed by atoms with E-state index < -0.39 is 0 Å². The number of thioether (sulfide) groups is 1. The molecule has 8 heteroatoms. The summed E-state index contributed by atoms with van der Waals surface area (Å²) in [7, 11) is 0. The van der Waals surface area contributed by atoms with Gasteiger partial charge in [0.05, 0.1) is 23.7 Å². The van der Waals surface area contributed by atoms with Gasteiger partial charge in [0.2, 0.25) is 6.79 Å². The molecule has 0 radical (unpaired) electrons. The molecule has 0 atom stereocenters. The van der Waals surface area contributed by atoms with Crippen molar-refractivity contribution >= 4 is 34.6 Å². The van der Waals surface area contributed by atoms with E-state index in [4.69, 9.17) is 23.9 Å². The molecule has 2 heterocycles. The maximum Gasteiger partial charge on any atom is 0.267 e. The van der Waals surface area contributed by atoms with Gasteiger partial charge in [0, 0.05) is 0 Å². The number of amides is 1. The number of para-hydroxylation sites is 1. The highest BCUT2D eigenvalue weighted by molar-refractivity contribution is 8.18. The quantitative estimate of drug-likeness (QED) is 0.200. The van der Waals surface area contributed by atoms with Crippen molar-refractivity contribution in [3.63, 3.8) is 0 Å². The van der Waals surface area contributed by atoms with E-state index in [-0.39, 0.29) is 12.7 Å². The highest BCUT2D eigenvalue weighted by atomic mass is 32.2. The summed E-state index contributed by atoms with van der Waals surface area (Å²) in [6, 6.07) is 31.0. The molecule has 2 aliphatic heterocycles. The number of benzene rings is 4. The van der Waals surface area contributed by atoms with Gasteiger partial charge in [-0.3, -0.25) is 9.69 Å². The van der Waals surface area contributed by atoms with Gasteiger partial charge in [-0.1, -0.05) is 60.7 Å². The van der Waals surface area contributed by atoms with Crippen molar-refractivity contribution in [2.75, 3.05) is 13.4 Å². The van der Waals surface area contributed by atoms with Crippen LogP contribution in [0, 0.1) is 0 Å². The molecule has 6 rings (SSSR count). The summed E-state index contributed by atoms with van der Waals surface area (Å²) in [5.74, 6) is 2.59. The standard InChI is InChI=1S/C33H28N2O5S/c1-2-37-29-17-24(13-15-27(29)38-21-25-14-16-28-30(18-25)40-22-39-28)19-31-32(36)35(20-23-9-5-3-6-10-23)33(41-31)34-26-11-7-4-8-12-26/h3-19H,2,20-22H2,1H3/b31-19+,34-33?. The van der Waals surface area contributed by atoms with Crippen LogP contribution >= 0.6 is 11.8 Å². The van der Waals surface area contributed by atoms with Gasteiger partial charge < -0.3 is 18.9 Å². The van der Waals surface area contributed by atoms with Crippen molar-refractivity contribution in [3.05, 3.63) is 119 Å². The molecule has 0 unspecified atom stereocenters. The van der Waals surface area contributed by atoms with Gasteiger partial charge in [-0.15, -0.1) is 0 Å². The maximum atomic E-state index is 13.6. The lowest BCUT2D eigenvalue weighted by molar-refractivity contribution is -0.122. The van der Waals surface area contributed by atoms with Crippen LogP contribution in [0.4, 0.5) is 5.69 Å². The number of hydrogen-bond acceptors (Lipinski definition) is 7. The summed E-state index contributed by atoms with van der Waals surface area (Å²) >= 11 is 1.37. The predicted octanol–water partition coefficient (Wildman–Crippen LogP) is 7.20. The molecule has 206 valence electrons. The van der Waals surface area contributed by atoms with Crippen molar-refractivity contribution in [3.8, 4) is 23.0 Å². The lowest BCUT2D eigenvalue weighted by Gasteiger charge is -2.15. The van der Waals surface area contributed by atoms with E-state index in [2.05, 4.69) is 0 Å². The second kappa shape index (κ2) is 12.2. The maximum absolute atomic E-state index is 13.6. The molecule has 41 heavy (non-hydrogen) atoms. The molecule has 0 bridgehead atoms. The zero-order valence-corrected chi connectivity index (χ0v) is 23.3. The average Bonchev–Trinajstić information content (AvgIpc) is 3.58. The Balaban J connectivity index is 1.24. The third kappa shape index (κ3) is 6.23. The minimum atomic E-state index is -0.0883. The Hall–Kier alpha value is -4.69. The molecule has 1 fully saturated rings. The molecular weight excluding hydrogens is 536 g/mol. The van der Waals surface area contributed by atoms with E-state index in [1.165, 1.54) is 11.8 Å². The van der Waals surface area contributed by atoms with Crippen molar-refractivity contribution < 1.29 is 23.7 Å². The van der Waals surface area contributed by atoms with Crippen LogP contribution in [0.1, 0.15) is 23.6 Å². The van der Waals surface area contributed by atoms with Gasteiger partial charge in [-0.05, 0) is 77.9 Å². The van der Waals surface area contributed by atoms with Crippen LogP contribution in [0.5, 0.6) is 23.0 Å². The lowest BCUT2D eigenvalue weighted by atomic mass is 10.1. The number of aliphatic imine (C=N–C) groups is 1. The van der Waals surface area contributed by atoms with Gasteiger partial charge >= 0.3 is 0 Å². The molecule has 0 spiro atoms. The van der Waals surface area contributed by atoms with E-state index in [0.717, 1.165) is 28.1 Å². The lowest BCUT2D eigenvalue weighted by Crippen LogP contribution is -2.28. The molecule has 0 aromatic heterocycles. The SMILES string of the molecule is CCOc1cc(/C=C2/SC(=Nc3ccccc3)N(Cc3ccccc3)C2=O)ccc1OCc1ccc2c(c1)OCO2. The Bertz CT molecular complexity index is 1600. The summed E-state index contributed by atoms with van der Waals surface area (Å²) in [6.45, 7) is 3.42. The first-order valence-electron chi connectivity index (χ1n) is 13.3. The zero-order valence-electron chi connectivity index (χ0n) is 22.5. The van der Waals surface area contributed by atoms with Crippen molar-refractivity contribution in [2.24, 2.45) is 4.99 Å². The molecule has 0 aliphatic carbocycles. The molecule has 4 aromatic rings. The fourth-order valence-electron chi connectivity index (χ4n) is 4.45. The number of nitrogens with zero attached hydrogens (tertiary/aromatic N) is 2. The first kappa shape index (κ1) is 26.5.